The summed E-state index contributed by atoms with van der Waals surface area (Å²) in [5.74, 6) is 0.284. The number of carbonyl (C=O) groups is 2. The summed E-state index contributed by atoms with van der Waals surface area (Å²) in [5.41, 5.74) is 2.53. The molecule has 0 bridgehead atoms. The highest BCUT2D eigenvalue weighted by molar-refractivity contribution is 5.95. The van der Waals surface area contributed by atoms with Crippen molar-refractivity contribution in [3.05, 3.63) is 29.8 Å². The minimum atomic E-state index is -0.399. The number of amides is 3. The van der Waals surface area contributed by atoms with Crippen molar-refractivity contribution in [1.82, 2.24) is 15.5 Å². The Morgan fingerprint density at radius 2 is 1.80 bits per heavy atom. The molecule has 25 heavy (non-hydrogen) atoms. The Morgan fingerprint density at radius 3 is 2.44 bits per heavy atom. The first-order valence-corrected chi connectivity index (χ1v) is 9.06. The van der Waals surface area contributed by atoms with Crippen LogP contribution in [-0.2, 0) is 4.79 Å². The zero-order chi connectivity index (χ0) is 18.2. The standard InChI is InChI=1S/C19H30N4O2/c1-15(2)8-9-20-19(25)21-18(24)14-22-10-12-23(13-11-22)17-7-5-4-6-16(17)3/h4-7,15H,8-14H2,1-3H3,(H2,20,21,24,25). The lowest BCUT2D eigenvalue weighted by atomic mass is 10.1. The van der Waals surface area contributed by atoms with Crippen LogP contribution in [0.5, 0.6) is 0 Å². The third kappa shape index (κ3) is 6.38. The van der Waals surface area contributed by atoms with Gasteiger partial charge in [0.1, 0.15) is 0 Å². The molecule has 0 aliphatic carbocycles. The molecule has 3 amide bonds. The highest BCUT2D eigenvalue weighted by Crippen LogP contribution is 2.20. The van der Waals surface area contributed by atoms with Crippen molar-refractivity contribution in [3.8, 4) is 0 Å². The van der Waals surface area contributed by atoms with Crippen LogP contribution in [0.4, 0.5) is 10.5 Å². The van der Waals surface area contributed by atoms with Crippen molar-refractivity contribution in [3.63, 3.8) is 0 Å². The SMILES string of the molecule is Cc1ccccc1N1CCN(CC(=O)NC(=O)NCCC(C)C)CC1. The van der Waals surface area contributed by atoms with E-state index >= 15 is 0 Å². The fraction of sp³-hybridized carbons (Fsp3) is 0.579. The predicted octanol–water partition coefficient (Wildman–Crippen LogP) is 1.99. The second-order valence-electron chi connectivity index (χ2n) is 7.04. The van der Waals surface area contributed by atoms with E-state index in [4.69, 9.17) is 0 Å². The summed E-state index contributed by atoms with van der Waals surface area (Å²) in [4.78, 5) is 28.1. The van der Waals surface area contributed by atoms with Gasteiger partial charge in [0.05, 0.1) is 6.54 Å². The highest BCUT2D eigenvalue weighted by atomic mass is 16.2. The number of hydrogen-bond donors (Lipinski definition) is 2. The van der Waals surface area contributed by atoms with Gasteiger partial charge in [-0.05, 0) is 30.9 Å². The molecule has 6 heteroatoms. The van der Waals surface area contributed by atoms with E-state index < -0.39 is 6.03 Å². The number of anilines is 1. The van der Waals surface area contributed by atoms with E-state index in [1.807, 2.05) is 6.07 Å². The van der Waals surface area contributed by atoms with E-state index in [1.54, 1.807) is 0 Å². The highest BCUT2D eigenvalue weighted by Gasteiger charge is 2.20. The molecule has 1 fully saturated rings. The van der Waals surface area contributed by atoms with Crippen LogP contribution in [0.15, 0.2) is 24.3 Å². The number of nitrogens with one attached hydrogen (secondary N) is 2. The van der Waals surface area contributed by atoms with E-state index in [0.29, 0.717) is 12.5 Å². The lowest BCUT2D eigenvalue weighted by Crippen LogP contribution is -2.51. The Labute approximate surface area is 150 Å². The quantitative estimate of drug-likeness (QED) is 0.827. The van der Waals surface area contributed by atoms with Gasteiger partial charge in [-0.2, -0.15) is 0 Å². The van der Waals surface area contributed by atoms with E-state index in [1.165, 1.54) is 11.3 Å². The van der Waals surface area contributed by atoms with Crippen molar-refractivity contribution < 1.29 is 9.59 Å². The maximum absolute atomic E-state index is 12.0. The molecule has 0 aromatic heterocycles. The van der Waals surface area contributed by atoms with Crippen LogP contribution in [0.3, 0.4) is 0 Å². The molecule has 6 nitrogen and oxygen atoms in total. The molecule has 2 rings (SSSR count). The van der Waals surface area contributed by atoms with Crippen LogP contribution in [0, 0.1) is 12.8 Å². The number of aryl methyl sites for hydroxylation is 1. The Balaban J connectivity index is 1.70. The predicted molar refractivity (Wildman–Crippen MR) is 101 cm³/mol. The molecule has 138 valence electrons. The summed E-state index contributed by atoms with van der Waals surface area (Å²) in [5, 5.41) is 5.13. The number of carbonyl (C=O) groups excluding carboxylic acids is 2. The van der Waals surface area contributed by atoms with Crippen molar-refractivity contribution >= 4 is 17.6 Å². The molecule has 1 aromatic rings. The first-order valence-electron chi connectivity index (χ1n) is 9.06. The molecule has 2 N–H and O–H groups in total. The normalized spacial score (nSPS) is 15.3. The topological polar surface area (TPSA) is 64.7 Å². The minimum absolute atomic E-state index is 0.244. The number of hydrogen-bond acceptors (Lipinski definition) is 4. The molecular formula is C19H30N4O2. The molecular weight excluding hydrogens is 316 g/mol. The van der Waals surface area contributed by atoms with Crippen LogP contribution >= 0.6 is 0 Å². The molecule has 1 saturated heterocycles. The van der Waals surface area contributed by atoms with E-state index in [0.717, 1.165) is 32.6 Å². The van der Waals surface area contributed by atoms with Crippen molar-refractivity contribution in [2.24, 2.45) is 5.92 Å². The smallest absolute Gasteiger partial charge is 0.321 e. The second-order valence-corrected chi connectivity index (χ2v) is 7.04. The molecule has 1 aliphatic heterocycles. The van der Waals surface area contributed by atoms with Crippen molar-refractivity contribution in [2.75, 3.05) is 44.2 Å². The Kier molecular flexibility index (Phi) is 7.25. The van der Waals surface area contributed by atoms with Gasteiger partial charge in [-0.1, -0.05) is 32.0 Å². The lowest BCUT2D eigenvalue weighted by molar-refractivity contribution is -0.121. The van der Waals surface area contributed by atoms with Gasteiger partial charge in [0.25, 0.3) is 0 Å². The summed E-state index contributed by atoms with van der Waals surface area (Å²) >= 11 is 0. The number of nitrogens with zero attached hydrogens (tertiary/aromatic N) is 2. The third-order valence-electron chi connectivity index (χ3n) is 4.46. The molecule has 0 saturated carbocycles. The summed E-state index contributed by atoms with van der Waals surface area (Å²) in [6.07, 6.45) is 0.905. The number of benzene rings is 1. The zero-order valence-corrected chi connectivity index (χ0v) is 15.5. The van der Waals surface area contributed by atoms with Gasteiger partial charge in [-0.15, -0.1) is 0 Å². The zero-order valence-electron chi connectivity index (χ0n) is 15.5. The summed E-state index contributed by atoms with van der Waals surface area (Å²) in [7, 11) is 0. The van der Waals surface area contributed by atoms with Gasteiger partial charge in [0, 0.05) is 38.4 Å². The van der Waals surface area contributed by atoms with Gasteiger partial charge < -0.3 is 10.2 Å². The summed E-state index contributed by atoms with van der Waals surface area (Å²) < 4.78 is 0. The van der Waals surface area contributed by atoms with Crippen molar-refractivity contribution in [2.45, 2.75) is 27.2 Å². The lowest BCUT2D eigenvalue weighted by Gasteiger charge is -2.36. The number of rotatable bonds is 6. The van der Waals surface area contributed by atoms with Gasteiger partial charge in [0.15, 0.2) is 0 Å². The van der Waals surface area contributed by atoms with Crippen LogP contribution in [0.1, 0.15) is 25.8 Å². The Bertz CT molecular complexity index is 581. The first-order chi connectivity index (χ1) is 12.0. The van der Waals surface area contributed by atoms with Crippen molar-refractivity contribution in [1.29, 1.82) is 0 Å². The molecule has 0 spiro atoms. The van der Waals surface area contributed by atoms with Gasteiger partial charge in [-0.25, -0.2) is 4.79 Å². The maximum Gasteiger partial charge on any atom is 0.321 e. The number of imide groups is 1. The average Bonchev–Trinajstić information content (AvgIpc) is 2.55. The molecule has 1 aromatic carbocycles. The van der Waals surface area contributed by atoms with Crippen LogP contribution < -0.4 is 15.5 Å². The second kappa shape index (κ2) is 9.42. The minimum Gasteiger partial charge on any atom is -0.369 e. The fourth-order valence-corrected chi connectivity index (χ4v) is 2.95. The van der Waals surface area contributed by atoms with Gasteiger partial charge in [-0.3, -0.25) is 15.0 Å². The van der Waals surface area contributed by atoms with E-state index in [2.05, 4.69) is 59.4 Å². The maximum atomic E-state index is 12.0. The van der Waals surface area contributed by atoms with Crippen LogP contribution in [0.25, 0.3) is 0 Å². The Morgan fingerprint density at radius 1 is 1.12 bits per heavy atom. The molecule has 1 heterocycles. The van der Waals surface area contributed by atoms with E-state index in [9.17, 15) is 9.59 Å². The van der Waals surface area contributed by atoms with Crippen LogP contribution in [-0.4, -0.2) is 56.1 Å². The van der Waals surface area contributed by atoms with Gasteiger partial charge in [0.2, 0.25) is 5.91 Å². The number of para-hydroxylation sites is 1. The van der Waals surface area contributed by atoms with Crippen LogP contribution in [0.2, 0.25) is 0 Å². The molecule has 0 radical (unpaired) electrons. The average molecular weight is 346 g/mol. The number of piperazine rings is 1. The largest absolute Gasteiger partial charge is 0.369 e. The molecule has 1 aliphatic rings. The summed E-state index contributed by atoms with van der Waals surface area (Å²) in [6, 6.07) is 7.96. The fourth-order valence-electron chi connectivity index (χ4n) is 2.95. The Hall–Kier alpha value is -2.08. The summed E-state index contributed by atoms with van der Waals surface area (Å²) in [6.45, 7) is 10.6. The monoisotopic (exact) mass is 346 g/mol. The number of urea groups is 1. The third-order valence-corrected chi connectivity index (χ3v) is 4.46. The van der Waals surface area contributed by atoms with E-state index in [-0.39, 0.29) is 12.5 Å². The van der Waals surface area contributed by atoms with Gasteiger partial charge >= 0.3 is 6.03 Å². The molecule has 0 atom stereocenters. The first kappa shape index (κ1) is 19.2. The molecule has 0 unspecified atom stereocenters.